The van der Waals surface area contributed by atoms with Crippen molar-refractivity contribution in [2.24, 2.45) is 5.92 Å². The molecule has 1 amide bonds. The monoisotopic (exact) mass is 318 g/mol. The molecule has 22 heavy (non-hydrogen) atoms. The molecule has 1 saturated carbocycles. The van der Waals surface area contributed by atoms with Gasteiger partial charge in [0.15, 0.2) is 0 Å². The quantitative estimate of drug-likeness (QED) is 0.847. The number of hydrogen-bond donors (Lipinski definition) is 1. The number of rotatable bonds is 5. The number of methoxy groups -OCH3 is 1. The summed E-state index contributed by atoms with van der Waals surface area (Å²) in [7, 11) is 1.28. The van der Waals surface area contributed by atoms with Gasteiger partial charge in [-0.2, -0.15) is 4.37 Å². The van der Waals surface area contributed by atoms with Crippen LogP contribution < -0.4 is 5.32 Å². The summed E-state index contributed by atoms with van der Waals surface area (Å²) >= 11 is 1.14. The number of pyridine rings is 1. The minimum atomic E-state index is -0.515. The van der Waals surface area contributed by atoms with Crippen LogP contribution in [0.25, 0.3) is 0 Å². The maximum absolute atomic E-state index is 12.1. The molecule has 2 heterocycles. The second kappa shape index (κ2) is 6.18. The number of esters is 1. The molecule has 0 radical (unpaired) electrons. The number of hydrogen-bond acceptors (Lipinski definition) is 7. The summed E-state index contributed by atoms with van der Waals surface area (Å²) in [5, 5.41) is 3.08. The Hall–Kier alpha value is -2.35. The average Bonchev–Trinajstić information content (AvgIpc) is 3.25. The van der Waals surface area contributed by atoms with E-state index < -0.39 is 11.9 Å². The van der Waals surface area contributed by atoms with Crippen molar-refractivity contribution in [1.82, 2.24) is 14.3 Å². The molecule has 1 fully saturated rings. The van der Waals surface area contributed by atoms with E-state index >= 15 is 0 Å². The minimum absolute atomic E-state index is 0.127. The van der Waals surface area contributed by atoms with Crippen LogP contribution >= 0.6 is 11.5 Å². The lowest BCUT2D eigenvalue weighted by molar-refractivity contribution is 0.0600. The van der Waals surface area contributed by atoms with Crippen LogP contribution in [0.2, 0.25) is 0 Å². The SMILES string of the molecule is COC(=O)c1ccnc(C(=O)Nc2nc(CC3CC3)ns2)c1. The molecule has 0 saturated heterocycles. The van der Waals surface area contributed by atoms with E-state index in [1.54, 1.807) is 0 Å². The maximum Gasteiger partial charge on any atom is 0.337 e. The number of aromatic nitrogens is 3. The van der Waals surface area contributed by atoms with E-state index in [4.69, 9.17) is 0 Å². The number of carbonyl (C=O) groups excluding carboxylic acids is 2. The van der Waals surface area contributed by atoms with Crippen molar-refractivity contribution in [3.63, 3.8) is 0 Å². The summed E-state index contributed by atoms with van der Waals surface area (Å²) < 4.78 is 8.84. The van der Waals surface area contributed by atoms with Crippen molar-refractivity contribution >= 4 is 28.5 Å². The van der Waals surface area contributed by atoms with Gasteiger partial charge in [-0.15, -0.1) is 0 Å². The zero-order chi connectivity index (χ0) is 15.5. The first-order valence-electron chi connectivity index (χ1n) is 6.84. The Bertz CT molecular complexity index is 712. The van der Waals surface area contributed by atoms with Crippen LogP contribution in [0.15, 0.2) is 18.3 Å². The molecule has 0 aliphatic heterocycles. The fourth-order valence-corrected chi connectivity index (χ4v) is 2.52. The van der Waals surface area contributed by atoms with Gasteiger partial charge >= 0.3 is 5.97 Å². The first-order valence-corrected chi connectivity index (χ1v) is 7.61. The van der Waals surface area contributed by atoms with Crippen LogP contribution in [0.5, 0.6) is 0 Å². The molecular weight excluding hydrogens is 304 g/mol. The summed E-state index contributed by atoms with van der Waals surface area (Å²) in [6.45, 7) is 0. The summed E-state index contributed by atoms with van der Waals surface area (Å²) in [5.74, 6) is 0.509. The molecule has 2 aromatic rings. The number of anilines is 1. The van der Waals surface area contributed by atoms with Gasteiger partial charge in [-0.25, -0.2) is 9.78 Å². The van der Waals surface area contributed by atoms with E-state index in [1.165, 1.54) is 38.3 Å². The lowest BCUT2D eigenvalue weighted by Gasteiger charge is -2.02. The number of ether oxygens (including phenoxy) is 1. The standard InChI is InChI=1S/C14H14N4O3S/c1-21-13(20)9-4-5-15-10(7-9)12(19)17-14-16-11(18-22-14)6-8-2-3-8/h4-5,7-8H,2-3,6H2,1H3,(H,16,17,18,19). The molecule has 2 aromatic heterocycles. The van der Waals surface area contributed by atoms with Crippen LogP contribution in [-0.2, 0) is 11.2 Å². The zero-order valence-electron chi connectivity index (χ0n) is 11.9. The summed E-state index contributed by atoms with van der Waals surface area (Å²) in [6, 6.07) is 2.87. The van der Waals surface area contributed by atoms with Crippen molar-refractivity contribution < 1.29 is 14.3 Å². The summed E-state index contributed by atoms with van der Waals surface area (Å²) in [6.07, 6.45) is 4.71. The van der Waals surface area contributed by atoms with Gasteiger partial charge in [0.1, 0.15) is 11.5 Å². The molecular formula is C14H14N4O3S. The second-order valence-corrected chi connectivity index (χ2v) is 5.79. The Labute approximate surface area is 130 Å². The Morgan fingerprint density at radius 2 is 2.27 bits per heavy atom. The lowest BCUT2D eigenvalue weighted by atomic mass is 10.2. The highest BCUT2D eigenvalue weighted by Gasteiger charge is 2.23. The van der Waals surface area contributed by atoms with Gasteiger partial charge in [-0.1, -0.05) is 0 Å². The van der Waals surface area contributed by atoms with Crippen LogP contribution in [0.1, 0.15) is 39.5 Å². The summed E-state index contributed by atoms with van der Waals surface area (Å²) in [4.78, 5) is 31.8. The predicted molar refractivity (Wildman–Crippen MR) is 79.9 cm³/mol. The molecule has 0 unspecified atom stereocenters. The molecule has 1 N–H and O–H groups in total. The van der Waals surface area contributed by atoms with Crippen LogP contribution in [0, 0.1) is 5.92 Å². The average molecular weight is 318 g/mol. The highest BCUT2D eigenvalue weighted by molar-refractivity contribution is 7.09. The van der Waals surface area contributed by atoms with E-state index in [0.29, 0.717) is 11.0 Å². The number of nitrogens with zero attached hydrogens (tertiary/aromatic N) is 3. The lowest BCUT2D eigenvalue weighted by Crippen LogP contribution is -2.15. The third-order valence-corrected chi connectivity index (χ3v) is 3.94. The molecule has 0 atom stereocenters. The number of carbonyl (C=O) groups is 2. The van der Waals surface area contributed by atoms with E-state index in [-0.39, 0.29) is 11.3 Å². The van der Waals surface area contributed by atoms with Crippen molar-refractivity contribution in [2.75, 3.05) is 12.4 Å². The molecule has 0 spiro atoms. The van der Waals surface area contributed by atoms with Crippen LogP contribution in [0.3, 0.4) is 0 Å². The summed E-state index contributed by atoms with van der Waals surface area (Å²) in [5.41, 5.74) is 0.399. The number of amides is 1. The molecule has 8 heteroatoms. The first kappa shape index (κ1) is 14.6. The van der Waals surface area contributed by atoms with Crippen LogP contribution in [-0.4, -0.2) is 33.3 Å². The van der Waals surface area contributed by atoms with Crippen molar-refractivity contribution in [1.29, 1.82) is 0 Å². The molecule has 7 nitrogen and oxygen atoms in total. The van der Waals surface area contributed by atoms with Gasteiger partial charge < -0.3 is 4.74 Å². The van der Waals surface area contributed by atoms with E-state index in [0.717, 1.165) is 23.8 Å². The van der Waals surface area contributed by atoms with Gasteiger partial charge in [-0.05, 0) is 30.9 Å². The minimum Gasteiger partial charge on any atom is -0.465 e. The second-order valence-electron chi connectivity index (χ2n) is 5.04. The Morgan fingerprint density at radius 3 is 3.00 bits per heavy atom. The predicted octanol–water partition coefficient (Wildman–Crippen LogP) is 1.92. The highest BCUT2D eigenvalue weighted by Crippen LogP contribution is 2.32. The largest absolute Gasteiger partial charge is 0.465 e. The molecule has 0 aromatic carbocycles. The molecule has 3 rings (SSSR count). The van der Waals surface area contributed by atoms with Crippen molar-refractivity contribution in [2.45, 2.75) is 19.3 Å². The smallest absolute Gasteiger partial charge is 0.337 e. The molecule has 0 bridgehead atoms. The third kappa shape index (κ3) is 3.45. The van der Waals surface area contributed by atoms with Gasteiger partial charge in [0.2, 0.25) is 5.13 Å². The maximum atomic E-state index is 12.1. The van der Waals surface area contributed by atoms with E-state index in [9.17, 15) is 9.59 Å². The Kier molecular flexibility index (Phi) is 4.10. The van der Waals surface area contributed by atoms with Gasteiger partial charge in [0.05, 0.1) is 12.7 Å². The van der Waals surface area contributed by atoms with Gasteiger partial charge in [0.25, 0.3) is 5.91 Å². The van der Waals surface area contributed by atoms with E-state index in [2.05, 4.69) is 24.4 Å². The normalized spacial score (nSPS) is 13.7. The van der Waals surface area contributed by atoms with Crippen LogP contribution in [0.4, 0.5) is 5.13 Å². The fourth-order valence-electron chi connectivity index (χ4n) is 1.93. The Balaban J connectivity index is 1.68. The third-order valence-electron chi connectivity index (χ3n) is 3.27. The topological polar surface area (TPSA) is 94.1 Å². The van der Waals surface area contributed by atoms with Gasteiger partial charge in [0, 0.05) is 24.2 Å². The first-order chi connectivity index (χ1) is 10.7. The zero-order valence-corrected chi connectivity index (χ0v) is 12.7. The molecule has 114 valence electrons. The highest BCUT2D eigenvalue weighted by atomic mass is 32.1. The number of nitrogens with one attached hydrogen (secondary N) is 1. The van der Waals surface area contributed by atoms with Crippen molar-refractivity contribution in [3.8, 4) is 0 Å². The fraction of sp³-hybridized carbons (Fsp3) is 0.357. The molecule has 1 aliphatic rings. The molecule has 1 aliphatic carbocycles. The van der Waals surface area contributed by atoms with Gasteiger partial charge in [-0.3, -0.25) is 15.1 Å². The van der Waals surface area contributed by atoms with Crippen molar-refractivity contribution in [3.05, 3.63) is 35.4 Å². The Morgan fingerprint density at radius 1 is 1.45 bits per heavy atom. The van der Waals surface area contributed by atoms with E-state index in [1.807, 2.05) is 0 Å².